The molecule has 1 aromatic carbocycles. The van der Waals surface area contributed by atoms with Crippen molar-refractivity contribution in [2.24, 2.45) is 0 Å². The van der Waals surface area contributed by atoms with Gasteiger partial charge in [-0.15, -0.1) is 11.6 Å². The molecule has 1 rings (SSSR count). The Bertz CT molecular complexity index is 269. The molecule has 0 fully saturated rings. The van der Waals surface area contributed by atoms with E-state index < -0.39 is 0 Å². The van der Waals surface area contributed by atoms with E-state index in [0.29, 0.717) is 5.92 Å². The molecular formula is C11H14Cl2. The average Bonchev–Trinajstić information content (AvgIpc) is 2.03. The molecule has 0 aromatic heterocycles. The molecule has 72 valence electrons. The number of alkyl halides is 1. The second-order valence-corrected chi connectivity index (χ2v) is 4.65. The number of halogens is 2. The van der Waals surface area contributed by atoms with Gasteiger partial charge < -0.3 is 0 Å². The first-order chi connectivity index (χ1) is 6.09. The molecule has 2 heteroatoms. The number of hydrogen-bond donors (Lipinski definition) is 0. The van der Waals surface area contributed by atoms with Crippen LogP contribution in [-0.4, -0.2) is 5.38 Å². The Morgan fingerprint density at radius 3 is 2.54 bits per heavy atom. The van der Waals surface area contributed by atoms with Crippen LogP contribution in [0.2, 0.25) is 5.02 Å². The van der Waals surface area contributed by atoms with Crippen LogP contribution in [0.15, 0.2) is 24.3 Å². The van der Waals surface area contributed by atoms with E-state index in [-0.39, 0.29) is 5.38 Å². The first-order valence-electron chi connectivity index (χ1n) is 4.49. The molecule has 0 radical (unpaired) electrons. The van der Waals surface area contributed by atoms with Crippen molar-refractivity contribution in [3.63, 3.8) is 0 Å². The molecular weight excluding hydrogens is 203 g/mol. The van der Waals surface area contributed by atoms with E-state index in [1.807, 2.05) is 25.1 Å². The lowest BCUT2D eigenvalue weighted by atomic mass is 9.97. The molecule has 2 unspecified atom stereocenters. The second kappa shape index (κ2) is 4.88. The van der Waals surface area contributed by atoms with Crippen LogP contribution in [0.25, 0.3) is 0 Å². The lowest BCUT2D eigenvalue weighted by Gasteiger charge is -2.13. The summed E-state index contributed by atoms with van der Waals surface area (Å²) in [5.74, 6) is 0.478. The monoisotopic (exact) mass is 216 g/mol. The maximum absolute atomic E-state index is 5.93. The van der Waals surface area contributed by atoms with Crippen molar-refractivity contribution in [1.82, 2.24) is 0 Å². The SMILES string of the molecule is CC(Cl)CC(C)c1cccc(Cl)c1. The molecule has 0 N–H and O–H groups in total. The second-order valence-electron chi connectivity index (χ2n) is 3.47. The van der Waals surface area contributed by atoms with Gasteiger partial charge in [0.2, 0.25) is 0 Å². The highest BCUT2D eigenvalue weighted by Crippen LogP contribution is 2.24. The van der Waals surface area contributed by atoms with Crippen molar-refractivity contribution >= 4 is 23.2 Å². The van der Waals surface area contributed by atoms with Crippen LogP contribution in [-0.2, 0) is 0 Å². The Kier molecular flexibility index (Phi) is 4.08. The van der Waals surface area contributed by atoms with Crippen LogP contribution in [0.4, 0.5) is 0 Å². The summed E-state index contributed by atoms with van der Waals surface area (Å²) >= 11 is 11.8. The summed E-state index contributed by atoms with van der Waals surface area (Å²) in [6.07, 6.45) is 0.988. The molecule has 0 aliphatic heterocycles. The summed E-state index contributed by atoms with van der Waals surface area (Å²) in [5, 5.41) is 1.01. The Labute approximate surface area is 89.9 Å². The molecule has 13 heavy (non-hydrogen) atoms. The van der Waals surface area contributed by atoms with Crippen molar-refractivity contribution in [3.8, 4) is 0 Å². The fraction of sp³-hybridized carbons (Fsp3) is 0.455. The first-order valence-corrected chi connectivity index (χ1v) is 5.30. The molecule has 0 aliphatic rings. The maximum Gasteiger partial charge on any atom is 0.0408 e. The smallest absolute Gasteiger partial charge is 0.0408 e. The van der Waals surface area contributed by atoms with Gasteiger partial charge in [0, 0.05) is 10.4 Å². The van der Waals surface area contributed by atoms with E-state index >= 15 is 0 Å². The zero-order valence-electron chi connectivity index (χ0n) is 7.93. The maximum atomic E-state index is 5.93. The third-order valence-corrected chi connectivity index (χ3v) is 2.51. The van der Waals surface area contributed by atoms with Crippen molar-refractivity contribution in [2.45, 2.75) is 31.6 Å². The number of rotatable bonds is 3. The van der Waals surface area contributed by atoms with Crippen molar-refractivity contribution < 1.29 is 0 Å². The minimum Gasteiger partial charge on any atom is -0.123 e. The van der Waals surface area contributed by atoms with Gasteiger partial charge in [-0.3, -0.25) is 0 Å². The highest BCUT2D eigenvalue weighted by Gasteiger charge is 2.08. The van der Waals surface area contributed by atoms with E-state index in [1.165, 1.54) is 5.56 Å². The van der Waals surface area contributed by atoms with Gasteiger partial charge in [0.25, 0.3) is 0 Å². The first kappa shape index (κ1) is 10.9. The largest absolute Gasteiger partial charge is 0.123 e. The van der Waals surface area contributed by atoms with E-state index in [4.69, 9.17) is 23.2 Å². The van der Waals surface area contributed by atoms with E-state index in [0.717, 1.165) is 11.4 Å². The summed E-state index contributed by atoms with van der Waals surface area (Å²) in [5.41, 5.74) is 1.26. The Morgan fingerprint density at radius 2 is 2.00 bits per heavy atom. The zero-order chi connectivity index (χ0) is 9.84. The predicted molar refractivity (Wildman–Crippen MR) is 59.8 cm³/mol. The van der Waals surface area contributed by atoms with E-state index in [9.17, 15) is 0 Å². The zero-order valence-corrected chi connectivity index (χ0v) is 9.44. The molecule has 1 aromatic rings. The highest BCUT2D eigenvalue weighted by molar-refractivity contribution is 6.30. The van der Waals surface area contributed by atoms with Gasteiger partial charge >= 0.3 is 0 Å². The molecule has 0 saturated heterocycles. The van der Waals surface area contributed by atoms with Gasteiger partial charge in [-0.05, 0) is 37.0 Å². The Hall–Kier alpha value is -0.200. The highest BCUT2D eigenvalue weighted by atomic mass is 35.5. The van der Waals surface area contributed by atoms with Gasteiger partial charge in [0.15, 0.2) is 0 Å². The van der Waals surface area contributed by atoms with Crippen molar-refractivity contribution in [2.75, 3.05) is 0 Å². The molecule has 0 heterocycles. The van der Waals surface area contributed by atoms with Crippen LogP contribution >= 0.6 is 23.2 Å². The molecule has 0 nitrogen and oxygen atoms in total. The van der Waals surface area contributed by atoms with Gasteiger partial charge in [0.1, 0.15) is 0 Å². The molecule has 0 amide bonds. The lowest BCUT2D eigenvalue weighted by molar-refractivity contribution is 0.671. The van der Waals surface area contributed by atoms with Gasteiger partial charge in [-0.25, -0.2) is 0 Å². The Morgan fingerprint density at radius 1 is 1.31 bits per heavy atom. The van der Waals surface area contributed by atoms with Gasteiger partial charge in [-0.1, -0.05) is 30.7 Å². The lowest BCUT2D eigenvalue weighted by Crippen LogP contribution is -2.00. The van der Waals surface area contributed by atoms with Crippen LogP contribution in [0.3, 0.4) is 0 Å². The van der Waals surface area contributed by atoms with Gasteiger partial charge in [-0.2, -0.15) is 0 Å². The van der Waals surface area contributed by atoms with Gasteiger partial charge in [0.05, 0.1) is 0 Å². The number of hydrogen-bond acceptors (Lipinski definition) is 0. The summed E-state index contributed by atoms with van der Waals surface area (Å²) < 4.78 is 0. The molecule has 0 spiro atoms. The average molecular weight is 217 g/mol. The van der Waals surface area contributed by atoms with Crippen molar-refractivity contribution in [1.29, 1.82) is 0 Å². The molecule has 0 saturated carbocycles. The Balaban J connectivity index is 2.71. The summed E-state index contributed by atoms with van der Waals surface area (Å²) in [6, 6.07) is 7.97. The molecule has 0 aliphatic carbocycles. The number of benzene rings is 1. The summed E-state index contributed by atoms with van der Waals surface area (Å²) in [7, 11) is 0. The topological polar surface area (TPSA) is 0 Å². The van der Waals surface area contributed by atoms with Crippen LogP contribution in [0, 0.1) is 0 Å². The summed E-state index contributed by atoms with van der Waals surface area (Å²) in [4.78, 5) is 0. The van der Waals surface area contributed by atoms with Crippen LogP contribution < -0.4 is 0 Å². The molecule has 2 atom stereocenters. The standard InChI is InChI=1S/C11H14Cl2/c1-8(6-9(2)12)10-4-3-5-11(13)7-10/h3-5,7-9H,6H2,1-2H3. The third-order valence-electron chi connectivity index (χ3n) is 2.10. The van der Waals surface area contributed by atoms with Crippen molar-refractivity contribution in [3.05, 3.63) is 34.9 Å². The fourth-order valence-electron chi connectivity index (χ4n) is 1.44. The predicted octanol–water partition coefficient (Wildman–Crippen LogP) is 4.46. The summed E-state index contributed by atoms with van der Waals surface area (Å²) in [6.45, 7) is 4.19. The van der Waals surface area contributed by atoms with Crippen LogP contribution in [0.5, 0.6) is 0 Å². The molecule has 0 bridgehead atoms. The normalized spacial score (nSPS) is 15.4. The quantitative estimate of drug-likeness (QED) is 0.655. The van der Waals surface area contributed by atoms with E-state index in [2.05, 4.69) is 13.0 Å². The third kappa shape index (κ3) is 3.58. The van der Waals surface area contributed by atoms with E-state index in [1.54, 1.807) is 0 Å². The fourth-order valence-corrected chi connectivity index (χ4v) is 1.90. The van der Waals surface area contributed by atoms with Crippen LogP contribution in [0.1, 0.15) is 31.7 Å². The minimum atomic E-state index is 0.217. The minimum absolute atomic E-state index is 0.217.